The molecular formula is C22H34N4O2S. The fraction of sp³-hybridized carbons (Fsp3) is 0.682. The highest BCUT2D eigenvalue weighted by Crippen LogP contribution is 2.46. The summed E-state index contributed by atoms with van der Waals surface area (Å²) < 4.78 is 23.1. The number of nitrogens with zero attached hydrogens (tertiary/aromatic N) is 3. The Labute approximate surface area is 175 Å². The van der Waals surface area contributed by atoms with Gasteiger partial charge in [0.05, 0.1) is 4.90 Å². The molecule has 0 radical (unpaired) electrons. The average molecular weight is 419 g/mol. The van der Waals surface area contributed by atoms with Gasteiger partial charge in [0.15, 0.2) is 15.8 Å². The lowest BCUT2D eigenvalue weighted by Gasteiger charge is -2.42. The SMILES string of the molecule is CN=C(NCCc1ccc(S(C)(=O)=O)cc1)N1CCN(C2CC3CCC2C3)CC1. The fourth-order valence-electron chi connectivity index (χ4n) is 5.48. The molecule has 1 aromatic rings. The van der Waals surface area contributed by atoms with Crippen LogP contribution in [-0.4, -0.2) is 76.2 Å². The molecule has 0 amide bonds. The van der Waals surface area contributed by atoms with Crippen molar-refractivity contribution in [2.75, 3.05) is 46.0 Å². The Hall–Kier alpha value is -1.60. The number of sulfone groups is 1. The number of hydrogen-bond acceptors (Lipinski definition) is 4. The Morgan fingerprint density at radius 1 is 1.10 bits per heavy atom. The second-order valence-electron chi connectivity index (χ2n) is 8.91. The Kier molecular flexibility index (Phi) is 6.16. The molecule has 1 heterocycles. The van der Waals surface area contributed by atoms with Crippen LogP contribution >= 0.6 is 0 Å². The summed E-state index contributed by atoms with van der Waals surface area (Å²) in [5.41, 5.74) is 1.13. The first kappa shape index (κ1) is 20.7. The zero-order valence-electron chi connectivity index (χ0n) is 17.7. The number of guanidine groups is 1. The van der Waals surface area contributed by atoms with Crippen LogP contribution in [0.2, 0.25) is 0 Å². The lowest BCUT2D eigenvalue weighted by Crippen LogP contribution is -2.55. The van der Waals surface area contributed by atoms with E-state index in [1.807, 2.05) is 19.2 Å². The maximum absolute atomic E-state index is 11.6. The third-order valence-electron chi connectivity index (χ3n) is 7.04. The van der Waals surface area contributed by atoms with Crippen LogP contribution < -0.4 is 5.32 Å². The van der Waals surface area contributed by atoms with Gasteiger partial charge < -0.3 is 10.2 Å². The van der Waals surface area contributed by atoms with Crippen LogP contribution in [0.3, 0.4) is 0 Å². The monoisotopic (exact) mass is 418 g/mol. The van der Waals surface area contributed by atoms with E-state index < -0.39 is 9.84 Å². The maximum Gasteiger partial charge on any atom is 0.193 e. The van der Waals surface area contributed by atoms with E-state index in [9.17, 15) is 8.42 Å². The van der Waals surface area contributed by atoms with Gasteiger partial charge in [-0.2, -0.15) is 0 Å². The summed E-state index contributed by atoms with van der Waals surface area (Å²) in [6, 6.07) is 8.01. The topological polar surface area (TPSA) is 65.0 Å². The summed E-state index contributed by atoms with van der Waals surface area (Å²) in [5.74, 6) is 2.94. The summed E-state index contributed by atoms with van der Waals surface area (Å²) in [4.78, 5) is 9.96. The van der Waals surface area contributed by atoms with Gasteiger partial charge in [-0.3, -0.25) is 9.89 Å². The minimum absolute atomic E-state index is 0.373. The van der Waals surface area contributed by atoms with Crippen molar-refractivity contribution in [2.24, 2.45) is 16.8 Å². The Balaban J connectivity index is 1.23. The van der Waals surface area contributed by atoms with Crippen molar-refractivity contribution in [3.63, 3.8) is 0 Å². The van der Waals surface area contributed by atoms with Crippen LogP contribution in [0, 0.1) is 11.8 Å². The summed E-state index contributed by atoms with van der Waals surface area (Å²) in [6.07, 6.45) is 7.90. The lowest BCUT2D eigenvalue weighted by molar-refractivity contribution is 0.0959. The molecule has 1 saturated heterocycles. The second kappa shape index (κ2) is 8.64. The molecule has 1 N–H and O–H groups in total. The minimum atomic E-state index is -3.13. The smallest absolute Gasteiger partial charge is 0.193 e. The molecule has 29 heavy (non-hydrogen) atoms. The predicted octanol–water partition coefficient (Wildman–Crippen LogP) is 2.01. The molecule has 1 aromatic carbocycles. The molecule has 7 heteroatoms. The highest BCUT2D eigenvalue weighted by molar-refractivity contribution is 7.90. The zero-order chi connectivity index (χ0) is 20.4. The number of hydrogen-bond donors (Lipinski definition) is 1. The van der Waals surface area contributed by atoms with Gasteiger partial charge in [0, 0.05) is 52.1 Å². The number of fused-ring (bicyclic) bond motifs is 2. The van der Waals surface area contributed by atoms with E-state index in [0.717, 1.165) is 68.5 Å². The molecule has 160 valence electrons. The molecular weight excluding hydrogens is 384 g/mol. The summed E-state index contributed by atoms with van der Waals surface area (Å²) in [6.45, 7) is 5.15. The van der Waals surface area contributed by atoms with Gasteiger partial charge in [-0.05, 0) is 55.2 Å². The van der Waals surface area contributed by atoms with Crippen molar-refractivity contribution in [3.05, 3.63) is 29.8 Å². The molecule has 3 aliphatic rings. The van der Waals surface area contributed by atoms with Gasteiger partial charge in [-0.25, -0.2) is 8.42 Å². The highest BCUT2D eigenvalue weighted by Gasteiger charge is 2.42. The largest absolute Gasteiger partial charge is 0.356 e. The number of benzene rings is 1. The third kappa shape index (κ3) is 4.77. The van der Waals surface area contributed by atoms with Gasteiger partial charge in [-0.15, -0.1) is 0 Å². The van der Waals surface area contributed by atoms with Crippen LogP contribution in [0.5, 0.6) is 0 Å². The number of nitrogens with one attached hydrogen (secondary N) is 1. The van der Waals surface area contributed by atoms with E-state index in [1.165, 1.54) is 31.9 Å². The van der Waals surface area contributed by atoms with Crippen LogP contribution in [0.15, 0.2) is 34.2 Å². The van der Waals surface area contributed by atoms with Crippen molar-refractivity contribution in [2.45, 2.75) is 43.0 Å². The van der Waals surface area contributed by atoms with Crippen LogP contribution in [0.1, 0.15) is 31.2 Å². The normalized spacial score (nSPS) is 28.1. The quantitative estimate of drug-likeness (QED) is 0.585. The Morgan fingerprint density at radius 2 is 1.83 bits per heavy atom. The first-order valence-corrected chi connectivity index (χ1v) is 12.8. The molecule has 2 bridgehead atoms. The number of piperazine rings is 1. The van der Waals surface area contributed by atoms with Gasteiger partial charge in [0.2, 0.25) is 0 Å². The van der Waals surface area contributed by atoms with E-state index in [-0.39, 0.29) is 0 Å². The first-order valence-electron chi connectivity index (χ1n) is 10.9. The molecule has 3 unspecified atom stereocenters. The minimum Gasteiger partial charge on any atom is -0.356 e. The number of rotatable bonds is 5. The Morgan fingerprint density at radius 3 is 2.38 bits per heavy atom. The third-order valence-corrected chi connectivity index (χ3v) is 8.17. The molecule has 0 spiro atoms. The first-order chi connectivity index (χ1) is 13.9. The molecule has 0 aromatic heterocycles. The predicted molar refractivity (Wildman–Crippen MR) is 117 cm³/mol. The summed E-state index contributed by atoms with van der Waals surface area (Å²) in [7, 11) is -1.28. The number of aliphatic imine (C=N–C) groups is 1. The van der Waals surface area contributed by atoms with Crippen molar-refractivity contribution < 1.29 is 8.42 Å². The van der Waals surface area contributed by atoms with Crippen LogP contribution in [0.4, 0.5) is 0 Å². The summed E-state index contributed by atoms with van der Waals surface area (Å²) >= 11 is 0. The molecule has 6 nitrogen and oxygen atoms in total. The molecule has 3 fully saturated rings. The fourth-order valence-corrected chi connectivity index (χ4v) is 6.11. The van der Waals surface area contributed by atoms with Gasteiger partial charge in [0.1, 0.15) is 0 Å². The van der Waals surface area contributed by atoms with E-state index in [0.29, 0.717) is 4.90 Å². The van der Waals surface area contributed by atoms with Crippen molar-refractivity contribution in [1.29, 1.82) is 0 Å². The van der Waals surface area contributed by atoms with Gasteiger partial charge >= 0.3 is 0 Å². The van der Waals surface area contributed by atoms with Crippen LogP contribution in [0.25, 0.3) is 0 Å². The summed E-state index contributed by atoms with van der Waals surface area (Å²) in [5, 5.41) is 3.48. The van der Waals surface area contributed by atoms with Gasteiger partial charge in [-0.1, -0.05) is 18.6 Å². The highest BCUT2D eigenvalue weighted by atomic mass is 32.2. The molecule has 3 atom stereocenters. The average Bonchev–Trinajstić information content (AvgIpc) is 3.35. The molecule has 4 rings (SSSR count). The molecule has 1 aliphatic heterocycles. The maximum atomic E-state index is 11.6. The van der Waals surface area contributed by atoms with E-state index in [1.54, 1.807) is 12.1 Å². The van der Waals surface area contributed by atoms with Crippen molar-refractivity contribution in [3.8, 4) is 0 Å². The zero-order valence-corrected chi connectivity index (χ0v) is 18.5. The van der Waals surface area contributed by atoms with E-state index in [2.05, 4.69) is 20.1 Å². The standard InChI is InChI=1S/C22H34N4O2S/c1-23-22(24-10-9-17-4-7-20(8-5-17)29(2,27)28)26-13-11-25(12-14-26)21-16-18-3-6-19(21)15-18/h4-5,7-8,18-19,21H,3,6,9-16H2,1-2H3,(H,23,24). The van der Waals surface area contributed by atoms with Crippen molar-refractivity contribution in [1.82, 2.24) is 15.1 Å². The molecule has 2 saturated carbocycles. The van der Waals surface area contributed by atoms with E-state index in [4.69, 9.17) is 0 Å². The second-order valence-corrected chi connectivity index (χ2v) is 10.9. The van der Waals surface area contributed by atoms with Crippen LogP contribution in [-0.2, 0) is 16.3 Å². The molecule has 2 aliphatic carbocycles. The van der Waals surface area contributed by atoms with Gasteiger partial charge in [0.25, 0.3) is 0 Å². The Bertz CT molecular complexity index is 829. The van der Waals surface area contributed by atoms with Crippen molar-refractivity contribution >= 4 is 15.8 Å². The van der Waals surface area contributed by atoms with E-state index >= 15 is 0 Å². The lowest BCUT2D eigenvalue weighted by atomic mass is 9.93.